The van der Waals surface area contributed by atoms with Crippen molar-refractivity contribution in [2.24, 2.45) is 0 Å². The molecule has 0 aromatic heterocycles. The Hall–Kier alpha value is -2.49. The van der Waals surface area contributed by atoms with Crippen LogP contribution >= 0.6 is 0 Å². The van der Waals surface area contributed by atoms with E-state index < -0.39 is 41.4 Å². The molecule has 0 radical (unpaired) electrons. The number of unbranched alkanes of at least 4 members (excludes halogenated alkanes) is 14. The molecule has 210 valence electrons. The molecule has 0 aliphatic carbocycles. The van der Waals surface area contributed by atoms with E-state index in [0.29, 0.717) is 13.3 Å². The summed E-state index contributed by atoms with van der Waals surface area (Å²) in [5, 5.41) is 34.9. The summed E-state index contributed by atoms with van der Waals surface area (Å²) in [7, 11) is 0. The standard InChI is InChI=1S/C18H36O2.C8H10O8/c1-2-3-4-5-6-7-8-9-10-11-12-13-14-15-16-17-18(19)20;1-3(9)8(7(14)15,16-4(2)10)5(11)6(12)13/h2-17H2,1H3,(H,19,20);5,11H,1-2H3,(H,12,13)(H,14,15). The zero-order valence-electron chi connectivity index (χ0n) is 22.1. The largest absolute Gasteiger partial charge is 0.481 e. The number of hydrogen-bond donors (Lipinski definition) is 4. The fraction of sp³-hybridized carbons (Fsp3) is 0.808. The fourth-order valence-electron chi connectivity index (χ4n) is 3.68. The van der Waals surface area contributed by atoms with E-state index in [0.717, 1.165) is 19.8 Å². The SMILES string of the molecule is CC(=O)OC(C(C)=O)(C(=O)O)C(O)C(=O)O.CCCCCCCCCCCCCCCCCC(=O)O. The Kier molecular flexibility index (Phi) is 21.6. The van der Waals surface area contributed by atoms with Crippen LogP contribution in [0.2, 0.25) is 0 Å². The first kappa shape index (κ1) is 35.7. The van der Waals surface area contributed by atoms with Gasteiger partial charge in [-0.1, -0.05) is 96.8 Å². The summed E-state index contributed by atoms with van der Waals surface area (Å²) in [6, 6.07) is 0. The number of carbonyl (C=O) groups is 5. The van der Waals surface area contributed by atoms with Crippen molar-refractivity contribution in [3.63, 3.8) is 0 Å². The Balaban J connectivity index is 0. The Morgan fingerprint density at radius 3 is 1.28 bits per heavy atom. The number of rotatable bonds is 21. The third-order valence-electron chi connectivity index (χ3n) is 5.76. The molecule has 2 atom stereocenters. The molecule has 0 heterocycles. The normalized spacial score (nSPS) is 13.0. The summed E-state index contributed by atoms with van der Waals surface area (Å²) >= 11 is 0. The Morgan fingerprint density at radius 1 is 0.667 bits per heavy atom. The highest BCUT2D eigenvalue weighted by Gasteiger charge is 2.57. The number of esters is 1. The number of carbonyl (C=O) groups excluding carboxylic acids is 2. The Labute approximate surface area is 214 Å². The molecule has 10 nitrogen and oxygen atoms in total. The highest BCUT2D eigenvalue weighted by Crippen LogP contribution is 2.20. The second-order valence-electron chi connectivity index (χ2n) is 9.02. The molecule has 0 saturated carbocycles. The van der Waals surface area contributed by atoms with E-state index >= 15 is 0 Å². The van der Waals surface area contributed by atoms with E-state index in [1.807, 2.05) is 0 Å². The molecule has 0 bridgehead atoms. The molecule has 0 fully saturated rings. The lowest BCUT2D eigenvalue weighted by molar-refractivity contribution is -0.198. The number of carboxylic acid groups (broad SMARTS) is 3. The number of ether oxygens (including phenoxy) is 1. The van der Waals surface area contributed by atoms with Gasteiger partial charge in [0.05, 0.1) is 0 Å². The summed E-state index contributed by atoms with van der Waals surface area (Å²) in [4.78, 5) is 53.4. The monoisotopic (exact) mass is 518 g/mol. The molecule has 2 unspecified atom stereocenters. The van der Waals surface area contributed by atoms with Gasteiger partial charge in [0.2, 0.25) is 6.10 Å². The lowest BCUT2D eigenvalue weighted by Gasteiger charge is -2.28. The number of carboxylic acids is 3. The molecule has 0 rings (SSSR count). The van der Waals surface area contributed by atoms with Gasteiger partial charge in [-0.05, 0) is 13.3 Å². The average molecular weight is 519 g/mol. The zero-order valence-corrected chi connectivity index (χ0v) is 22.1. The summed E-state index contributed by atoms with van der Waals surface area (Å²) in [5.74, 6) is -7.19. The van der Waals surface area contributed by atoms with Crippen LogP contribution < -0.4 is 0 Å². The summed E-state index contributed by atoms with van der Waals surface area (Å²) in [6.07, 6.45) is 17.5. The molecule has 0 aromatic rings. The van der Waals surface area contributed by atoms with Crippen LogP contribution in [0.1, 0.15) is 124 Å². The molecule has 36 heavy (non-hydrogen) atoms. The maximum absolute atomic E-state index is 11.1. The van der Waals surface area contributed by atoms with E-state index in [4.69, 9.17) is 20.4 Å². The first-order valence-corrected chi connectivity index (χ1v) is 13.0. The number of Topliss-reactive ketones (excluding diaryl/α,β-unsaturated/α-hetero) is 1. The van der Waals surface area contributed by atoms with Gasteiger partial charge in [-0.15, -0.1) is 0 Å². The highest BCUT2D eigenvalue weighted by molar-refractivity contribution is 6.10. The van der Waals surface area contributed by atoms with Gasteiger partial charge in [0.1, 0.15) is 0 Å². The predicted molar refractivity (Wildman–Crippen MR) is 134 cm³/mol. The molecule has 10 heteroatoms. The third kappa shape index (κ3) is 17.0. The van der Waals surface area contributed by atoms with Crippen molar-refractivity contribution in [2.45, 2.75) is 135 Å². The van der Waals surface area contributed by atoms with Gasteiger partial charge < -0.3 is 25.2 Å². The summed E-state index contributed by atoms with van der Waals surface area (Å²) < 4.78 is 4.17. The van der Waals surface area contributed by atoms with Gasteiger partial charge in [0.25, 0.3) is 0 Å². The number of ketones is 1. The van der Waals surface area contributed by atoms with Crippen molar-refractivity contribution in [3.8, 4) is 0 Å². The van der Waals surface area contributed by atoms with Crippen molar-refractivity contribution >= 4 is 29.7 Å². The molecular formula is C26H46O10. The molecule has 0 aliphatic rings. The minimum Gasteiger partial charge on any atom is -0.481 e. The second kappa shape index (κ2) is 21.8. The highest BCUT2D eigenvalue weighted by atomic mass is 16.6. The van der Waals surface area contributed by atoms with Gasteiger partial charge in [-0.2, -0.15) is 0 Å². The van der Waals surface area contributed by atoms with Crippen molar-refractivity contribution < 1.29 is 49.1 Å². The van der Waals surface area contributed by atoms with Crippen LogP contribution in [-0.2, 0) is 28.7 Å². The van der Waals surface area contributed by atoms with E-state index in [1.165, 1.54) is 83.5 Å². The summed E-state index contributed by atoms with van der Waals surface area (Å²) in [6.45, 7) is 3.75. The van der Waals surface area contributed by atoms with Crippen LogP contribution in [0.4, 0.5) is 0 Å². The quantitative estimate of drug-likeness (QED) is 0.0943. The van der Waals surface area contributed by atoms with E-state index in [9.17, 15) is 24.0 Å². The number of aliphatic hydroxyl groups is 1. The van der Waals surface area contributed by atoms with Crippen molar-refractivity contribution in [2.75, 3.05) is 0 Å². The van der Waals surface area contributed by atoms with Crippen LogP contribution in [0.25, 0.3) is 0 Å². The molecular weight excluding hydrogens is 472 g/mol. The van der Waals surface area contributed by atoms with Crippen LogP contribution in [-0.4, -0.2) is 61.8 Å². The lowest BCUT2D eigenvalue weighted by Crippen LogP contribution is -2.60. The Bertz CT molecular complexity index is 645. The molecule has 0 aromatic carbocycles. The van der Waals surface area contributed by atoms with Gasteiger partial charge in [0.15, 0.2) is 5.78 Å². The second-order valence-corrected chi connectivity index (χ2v) is 9.02. The minimum atomic E-state index is -3.11. The van der Waals surface area contributed by atoms with Gasteiger partial charge in [-0.3, -0.25) is 14.4 Å². The molecule has 0 spiro atoms. The van der Waals surface area contributed by atoms with E-state index in [2.05, 4.69) is 11.7 Å². The van der Waals surface area contributed by atoms with Gasteiger partial charge in [0, 0.05) is 13.3 Å². The molecule has 0 amide bonds. The van der Waals surface area contributed by atoms with Crippen molar-refractivity contribution in [1.82, 2.24) is 0 Å². The van der Waals surface area contributed by atoms with Gasteiger partial charge >= 0.3 is 29.5 Å². The lowest BCUT2D eigenvalue weighted by atomic mass is 9.92. The fourth-order valence-corrected chi connectivity index (χ4v) is 3.68. The van der Waals surface area contributed by atoms with Gasteiger partial charge in [-0.25, -0.2) is 9.59 Å². The molecule has 0 saturated heterocycles. The van der Waals surface area contributed by atoms with Crippen molar-refractivity contribution in [3.05, 3.63) is 0 Å². The van der Waals surface area contributed by atoms with E-state index in [-0.39, 0.29) is 0 Å². The topological polar surface area (TPSA) is 175 Å². The number of aliphatic hydroxyl groups excluding tert-OH is 1. The van der Waals surface area contributed by atoms with Crippen LogP contribution in [0.5, 0.6) is 0 Å². The average Bonchev–Trinajstić information content (AvgIpc) is 2.79. The van der Waals surface area contributed by atoms with Crippen molar-refractivity contribution in [1.29, 1.82) is 0 Å². The smallest absolute Gasteiger partial charge is 0.359 e. The predicted octanol–water partition coefficient (Wildman–Crippen LogP) is 4.74. The van der Waals surface area contributed by atoms with E-state index in [1.54, 1.807) is 0 Å². The molecule has 4 N–H and O–H groups in total. The maximum atomic E-state index is 11.1. The first-order chi connectivity index (χ1) is 16.9. The maximum Gasteiger partial charge on any atom is 0.359 e. The minimum absolute atomic E-state index is 0.345. The number of aliphatic carboxylic acids is 3. The summed E-state index contributed by atoms with van der Waals surface area (Å²) in [5.41, 5.74) is -3.11. The first-order valence-electron chi connectivity index (χ1n) is 13.0. The van der Waals surface area contributed by atoms with Crippen LogP contribution in [0.3, 0.4) is 0 Å². The Morgan fingerprint density at radius 2 is 1.03 bits per heavy atom. The zero-order chi connectivity index (χ0) is 28.0. The number of hydrogen-bond acceptors (Lipinski definition) is 7. The third-order valence-corrected chi connectivity index (χ3v) is 5.76. The molecule has 0 aliphatic heterocycles. The van der Waals surface area contributed by atoms with Crippen LogP contribution in [0, 0.1) is 0 Å². The van der Waals surface area contributed by atoms with Crippen LogP contribution in [0.15, 0.2) is 0 Å².